The minimum Gasteiger partial charge on any atom is -0.481 e. The zero-order chi connectivity index (χ0) is 30.8. The third kappa shape index (κ3) is 8.16. The lowest BCUT2D eigenvalue weighted by atomic mass is 9.99. The summed E-state index contributed by atoms with van der Waals surface area (Å²) < 4.78 is 66.1. The number of rotatable bonds is 12. The van der Waals surface area contributed by atoms with E-state index in [1.54, 1.807) is 24.3 Å². The van der Waals surface area contributed by atoms with E-state index in [4.69, 9.17) is 18.9 Å². The number of halogens is 3. The molecule has 0 aliphatic rings. The fourth-order valence-corrected chi connectivity index (χ4v) is 4.36. The number of pyridine rings is 1. The van der Waals surface area contributed by atoms with Crippen molar-refractivity contribution in [2.24, 2.45) is 0 Å². The summed E-state index contributed by atoms with van der Waals surface area (Å²) in [6.45, 7) is -0.459. The van der Waals surface area contributed by atoms with E-state index in [-0.39, 0.29) is 42.7 Å². The highest BCUT2D eigenvalue weighted by molar-refractivity contribution is 5.76. The molecule has 9 heteroatoms. The number of carbonyl (C=O) groups excluding carboxylic acids is 1. The zero-order valence-corrected chi connectivity index (χ0v) is 23.5. The van der Waals surface area contributed by atoms with Crippen LogP contribution in [-0.4, -0.2) is 17.6 Å². The summed E-state index contributed by atoms with van der Waals surface area (Å²) in [4.78, 5) is 16.7. The summed E-state index contributed by atoms with van der Waals surface area (Å²) in [6.07, 6.45) is -4.83. The number of hydrogen-bond donors (Lipinski definition) is 0. The maximum absolute atomic E-state index is 14.6. The van der Waals surface area contributed by atoms with Gasteiger partial charge < -0.3 is 18.9 Å². The molecule has 0 aliphatic carbocycles. The predicted octanol–water partition coefficient (Wildman–Crippen LogP) is 8.05. The molecule has 0 saturated heterocycles. The summed E-state index contributed by atoms with van der Waals surface area (Å²) in [6, 6.07) is 34.4. The Morgan fingerprint density at radius 3 is 1.75 bits per heavy atom. The summed E-state index contributed by atoms with van der Waals surface area (Å²) in [5.41, 5.74) is 1.23. The first kappa shape index (κ1) is 30.2. The summed E-state index contributed by atoms with van der Waals surface area (Å²) in [7, 11) is 0. The Balaban J connectivity index is 1.42. The molecule has 5 aromatic rings. The zero-order valence-electron chi connectivity index (χ0n) is 23.5. The molecule has 0 atom stereocenters. The summed E-state index contributed by atoms with van der Waals surface area (Å²) in [5.74, 6) is -1.20. The minimum atomic E-state index is -4.83. The van der Waals surface area contributed by atoms with Crippen molar-refractivity contribution in [3.8, 4) is 28.6 Å². The lowest BCUT2D eigenvalue weighted by molar-refractivity contribution is -0.149. The van der Waals surface area contributed by atoms with Gasteiger partial charge in [-0.1, -0.05) is 103 Å². The second kappa shape index (κ2) is 14.2. The van der Waals surface area contributed by atoms with Crippen molar-refractivity contribution in [2.45, 2.75) is 26.0 Å². The Bertz CT molecular complexity index is 1660. The molecule has 0 amide bonds. The molecule has 1 heterocycles. The molecule has 0 spiro atoms. The molecular formula is C35H28F3NO5. The largest absolute Gasteiger partial charge is 0.481 e. The lowest BCUT2D eigenvalue weighted by Crippen LogP contribution is -2.17. The standard InChI is InChI=1S/C35H28F3NO5/c36-35(37,38)33-28(17-10-18-30(33)41-24-32(40)43-22-26-13-6-2-7-14-26)29-19-20-31(42-21-25-11-4-1-5-12-25)39-34(29)44-23-27-15-8-3-9-16-27/h1-20H,21-24H2. The van der Waals surface area contributed by atoms with Gasteiger partial charge in [0.2, 0.25) is 11.8 Å². The second-order valence-electron chi connectivity index (χ2n) is 9.66. The van der Waals surface area contributed by atoms with E-state index in [1.165, 1.54) is 24.3 Å². The number of carbonyl (C=O) groups is 1. The van der Waals surface area contributed by atoms with E-state index >= 15 is 0 Å². The van der Waals surface area contributed by atoms with Crippen molar-refractivity contribution in [2.75, 3.05) is 6.61 Å². The molecule has 5 rings (SSSR count). The number of benzene rings is 4. The normalized spacial score (nSPS) is 11.1. The van der Waals surface area contributed by atoms with Crippen molar-refractivity contribution >= 4 is 5.97 Å². The molecule has 0 N–H and O–H groups in total. The van der Waals surface area contributed by atoms with Gasteiger partial charge in [0.05, 0.1) is 0 Å². The van der Waals surface area contributed by atoms with Crippen molar-refractivity contribution in [3.63, 3.8) is 0 Å². The summed E-state index contributed by atoms with van der Waals surface area (Å²) in [5, 5.41) is 0. The first-order valence-electron chi connectivity index (χ1n) is 13.7. The Morgan fingerprint density at radius 1 is 0.591 bits per heavy atom. The molecule has 6 nitrogen and oxygen atoms in total. The third-order valence-corrected chi connectivity index (χ3v) is 6.47. The van der Waals surface area contributed by atoms with E-state index in [9.17, 15) is 18.0 Å². The first-order chi connectivity index (χ1) is 21.4. The summed E-state index contributed by atoms with van der Waals surface area (Å²) >= 11 is 0. The SMILES string of the molecule is O=C(COc1cccc(-c2ccc(OCc3ccccc3)nc2OCc2ccccc2)c1C(F)(F)F)OCc1ccccc1. The van der Waals surface area contributed by atoms with Gasteiger partial charge in [-0.2, -0.15) is 18.2 Å². The monoisotopic (exact) mass is 599 g/mol. The van der Waals surface area contributed by atoms with Gasteiger partial charge in [-0.15, -0.1) is 0 Å². The molecule has 0 bridgehead atoms. The van der Waals surface area contributed by atoms with Crippen LogP contribution in [0.4, 0.5) is 13.2 Å². The number of hydrogen-bond acceptors (Lipinski definition) is 6. The van der Waals surface area contributed by atoms with Crippen LogP contribution in [0, 0.1) is 0 Å². The van der Waals surface area contributed by atoms with Crippen LogP contribution >= 0.6 is 0 Å². The van der Waals surface area contributed by atoms with Crippen LogP contribution in [0.15, 0.2) is 121 Å². The fraction of sp³-hybridized carbons (Fsp3) is 0.143. The predicted molar refractivity (Wildman–Crippen MR) is 158 cm³/mol. The molecule has 0 saturated carbocycles. The molecule has 0 unspecified atom stereocenters. The molecule has 0 radical (unpaired) electrons. The van der Waals surface area contributed by atoms with E-state index in [0.29, 0.717) is 0 Å². The number of nitrogens with zero attached hydrogens (tertiary/aromatic N) is 1. The maximum atomic E-state index is 14.6. The third-order valence-electron chi connectivity index (χ3n) is 6.47. The Kier molecular flexibility index (Phi) is 9.76. The van der Waals surface area contributed by atoms with Gasteiger partial charge in [-0.05, 0) is 28.8 Å². The number of alkyl halides is 3. The molecule has 4 aromatic carbocycles. The van der Waals surface area contributed by atoms with Gasteiger partial charge >= 0.3 is 12.1 Å². The van der Waals surface area contributed by atoms with Crippen LogP contribution in [0.3, 0.4) is 0 Å². The van der Waals surface area contributed by atoms with Gasteiger partial charge in [-0.3, -0.25) is 0 Å². The fourth-order valence-electron chi connectivity index (χ4n) is 4.36. The van der Waals surface area contributed by atoms with Crippen LogP contribution in [0.5, 0.6) is 17.5 Å². The lowest BCUT2D eigenvalue weighted by Gasteiger charge is -2.19. The molecule has 44 heavy (non-hydrogen) atoms. The average Bonchev–Trinajstić information content (AvgIpc) is 3.05. The Hall–Kier alpha value is -5.31. The molecular weight excluding hydrogens is 571 g/mol. The van der Waals surface area contributed by atoms with Crippen LogP contribution in [-0.2, 0) is 35.5 Å². The van der Waals surface area contributed by atoms with Crippen molar-refractivity contribution < 1.29 is 36.9 Å². The smallest absolute Gasteiger partial charge is 0.420 e. The van der Waals surface area contributed by atoms with Crippen LogP contribution < -0.4 is 14.2 Å². The van der Waals surface area contributed by atoms with Gasteiger partial charge in [0.25, 0.3) is 0 Å². The van der Waals surface area contributed by atoms with Crippen molar-refractivity contribution in [1.29, 1.82) is 0 Å². The highest BCUT2D eigenvalue weighted by Crippen LogP contribution is 2.45. The quantitative estimate of drug-likeness (QED) is 0.135. The van der Waals surface area contributed by atoms with Gasteiger partial charge in [0, 0.05) is 17.2 Å². The van der Waals surface area contributed by atoms with E-state index in [2.05, 4.69) is 4.98 Å². The van der Waals surface area contributed by atoms with E-state index in [0.717, 1.165) is 22.8 Å². The van der Waals surface area contributed by atoms with Crippen LogP contribution in [0.1, 0.15) is 22.3 Å². The topological polar surface area (TPSA) is 66.9 Å². The maximum Gasteiger partial charge on any atom is 0.420 e. The number of aromatic nitrogens is 1. The Morgan fingerprint density at radius 2 is 1.16 bits per heavy atom. The molecule has 224 valence electrons. The average molecular weight is 600 g/mol. The van der Waals surface area contributed by atoms with Gasteiger partial charge in [0.15, 0.2) is 6.61 Å². The molecule has 0 aliphatic heterocycles. The Labute approximate surface area is 252 Å². The molecule has 1 aromatic heterocycles. The minimum absolute atomic E-state index is 0.0261. The first-order valence-corrected chi connectivity index (χ1v) is 13.7. The number of esters is 1. The molecule has 0 fully saturated rings. The highest BCUT2D eigenvalue weighted by atomic mass is 19.4. The van der Waals surface area contributed by atoms with Crippen molar-refractivity contribution in [1.82, 2.24) is 4.98 Å². The number of ether oxygens (including phenoxy) is 4. The van der Waals surface area contributed by atoms with E-state index < -0.39 is 30.1 Å². The van der Waals surface area contributed by atoms with Crippen LogP contribution in [0.25, 0.3) is 11.1 Å². The van der Waals surface area contributed by atoms with Gasteiger partial charge in [0.1, 0.15) is 31.1 Å². The second-order valence-corrected chi connectivity index (χ2v) is 9.66. The van der Waals surface area contributed by atoms with Gasteiger partial charge in [-0.25, -0.2) is 4.79 Å². The van der Waals surface area contributed by atoms with Crippen molar-refractivity contribution in [3.05, 3.63) is 144 Å². The highest BCUT2D eigenvalue weighted by Gasteiger charge is 2.38. The van der Waals surface area contributed by atoms with Crippen LogP contribution in [0.2, 0.25) is 0 Å². The van der Waals surface area contributed by atoms with E-state index in [1.807, 2.05) is 66.7 Å².